The molecule has 7 heteroatoms. The Labute approximate surface area is 198 Å². The van der Waals surface area contributed by atoms with Gasteiger partial charge in [-0.25, -0.2) is 4.79 Å². The topological polar surface area (TPSA) is 73.9 Å². The molecule has 0 N–H and O–H groups in total. The summed E-state index contributed by atoms with van der Waals surface area (Å²) in [6.45, 7) is 7.99. The molecule has 1 amide bonds. The van der Waals surface area contributed by atoms with Crippen molar-refractivity contribution < 1.29 is 23.5 Å². The summed E-state index contributed by atoms with van der Waals surface area (Å²) < 4.78 is 18.1. The standard InChI is InChI=1S/C27H28N2O5/c1-16-9-10-24(32-5)23(12-16)29-17(2)13-20(18(29)3)14-22-25(27(31)33-6)19(4)28(26(22)30)15-21-8-7-11-34-21/h7-14H,15H2,1-6H3/b22-14-. The van der Waals surface area contributed by atoms with Crippen molar-refractivity contribution in [2.45, 2.75) is 34.2 Å². The highest BCUT2D eigenvalue weighted by Crippen LogP contribution is 2.35. The summed E-state index contributed by atoms with van der Waals surface area (Å²) in [6.07, 6.45) is 3.32. The third-order valence-corrected chi connectivity index (χ3v) is 6.14. The van der Waals surface area contributed by atoms with E-state index in [1.165, 1.54) is 7.11 Å². The van der Waals surface area contributed by atoms with Crippen LogP contribution in [-0.2, 0) is 20.9 Å². The van der Waals surface area contributed by atoms with Gasteiger partial charge in [0.2, 0.25) is 0 Å². The second-order valence-electron chi connectivity index (χ2n) is 8.32. The number of allylic oxidation sites excluding steroid dienone is 1. The first kappa shape index (κ1) is 23.2. The molecule has 0 spiro atoms. The molecule has 0 saturated heterocycles. The molecule has 0 saturated carbocycles. The zero-order valence-corrected chi connectivity index (χ0v) is 20.3. The average molecular weight is 461 g/mol. The lowest BCUT2D eigenvalue weighted by Crippen LogP contribution is -2.24. The molecule has 3 heterocycles. The average Bonchev–Trinajstić information content (AvgIpc) is 3.48. The fourth-order valence-corrected chi connectivity index (χ4v) is 4.41. The van der Waals surface area contributed by atoms with Crippen LogP contribution in [-0.4, -0.2) is 35.6 Å². The number of amides is 1. The van der Waals surface area contributed by atoms with Crippen LogP contribution in [0.5, 0.6) is 5.75 Å². The maximum atomic E-state index is 13.4. The van der Waals surface area contributed by atoms with Crippen LogP contribution in [0.15, 0.2) is 63.9 Å². The normalized spacial score (nSPS) is 14.9. The summed E-state index contributed by atoms with van der Waals surface area (Å²) in [5, 5.41) is 0. The Balaban J connectivity index is 1.82. The van der Waals surface area contributed by atoms with Crippen LogP contribution in [0.4, 0.5) is 0 Å². The zero-order chi connectivity index (χ0) is 24.6. The highest BCUT2D eigenvalue weighted by atomic mass is 16.5. The van der Waals surface area contributed by atoms with Crippen LogP contribution in [0.1, 0.15) is 35.2 Å². The van der Waals surface area contributed by atoms with Gasteiger partial charge in [-0.05, 0) is 75.2 Å². The molecule has 1 aliphatic rings. The van der Waals surface area contributed by atoms with Gasteiger partial charge in [-0.3, -0.25) is 4.79 Å². The van der Waals surface area contributed by atoms with E-state index in [2.05, 4.69) is 10.6 Å². The molecule has 0 atom stereocenters. The molecule has 0 aliphatic carbocycles. The van der Waals surface area contributed by atoms with E-state index in [4.69, 9.17) is 13.9 Å². The lowest BCUT2D eigenvalue weighted by molar-refractivity contribution is -0.136. The summed E-state index contributed by atoms with van der Waals surface area (Å²) in [6, 6.07) is 11.6. The minimum atomic E-state index is -0.548. The van der Waals surface area contributed by atoms with E-state index < -0.39 is 5.97 Å². The number of ether oxygens (including phenoxy) is 2. The number of carbonyl (C=O) groups excluding carboxylic acids is 2. The SMILES string of the molecule is COC(=O)C1=C(C)N(Cc2ccco2)C(=O)/C1=C\c1cc(C)n(-c2cc(C)ccc2OC)c1C. The summed E-state index contributed by atoms with van der Waals surface area (Å²) in [7, 11) is 2.96. The molecule has 2 aromatic heterocycles. The number of aromatic nitrogens is 1. The molecule has 1 aromatic carbocycles. The van der Waals surface area contributed by atoms with Crippen LogP contribution < -0.4 is 4.74 Å². The first-order valence-electron chi connectivity index (χ1n) is 11.0. The molecule has 7 nitrogen and oxygen atoms in total. The van der Waals surface area contributed by atoms with Gasteiger partial charge in [-0.2, -0.15) is 0 Å². The van der Waals surface area contributed by atoms with Crippen molar-refractivity contribution in [2.24, 2.45) is 0 Å². The minimum Gasteiger partial charge on any atom is -0.495 e. The summed E-state index contributed by atoms with van der Waals surface area (Å²) in [4.78, 5) is 27.6. The van der Waals surface area contributed by atoms with Gasteiger partial charge >= 0.3 is 5.97 Å². The number of esters is 1. The van der Waals surface area contributed by atoms with Gasteiger partial charge in [-0.15, -0.1) is 0 Å². The van der Waals surface area contributed by atoms with Gasteiger partial charge < -0.3 is 23.4 Å². The fourth-order valence-electron chi connectivity index (χ4n) is 4.41. The predicted molar refractivity (Wildman–Crippen MR) is 128 cm³/mol. The number of nitrogens with zero attached hydrogens (tertiary/aromatic N) is 2. The lowest BCUT2D eigenvalue weighted by atomic mass is 10.0. The smallest absolute Gasteiger partial charge is 0.340 e. The lowest BCUT2D eigenvalue weighted by Gasteiger charge is -2.16. The molecule has 176 valence electrons. The maximum Gasteiger partial charge on any atom is 0.340 e. The number of rotatable bonds is 6. The van der Waals surface area contributed by atoms with E-state index in [1.807, 2.05) is 39.0 Å². The quantitative estimate of drug-likeness (QED) is 0.387. The molecule has 0 unspecified atom stereocenters. The molecule has 34 heavy (non-hydrogen) atoms. The van der Waals surface area contributed by atoms with Crippen LogP contribution in [0.3, 0.4) is 0 Å². The fraction of sp³-hybridized carbons (Fsp3) is 0.259. The van der Waals surface area contributed by atoms with Crippen molar-refractivity contribution in [1.29, 1.82) is 0 Å². The zero-order valence-electron chi connectivity index (χ0n) is 20.3. The molecular weight excluding hydrogens is 432 g/mol. The Kier molecular flexibility index (Phi) is 6.20. The second-order valence-corrected chi connectivity index (χ2v) is 8.32. The highest BCUT2D eigenvalue weighted by Gasteiger charge is 2.37. The molecule has 4 rings (SSSR count). The summed E-state index contributed by atoms with van der Waals surface area (Å²) in [5.41, 5.74) is 5.85. The maximum absolute atomic E-state index is 13.4. The number of carbonyl (C=O) groups is 2. The minimum absolute atomic E-state index is 0.231. The van der Waals surface area contributed by atoms with Crippen molar-refractivity contribution in [3.05, 3.63) is 87.8 Å². The van der Waals surface area contributed by atoms with E-state index in [1.54, 1.807) is 43.4 Å². The molecular formula is C27H28N2O5. The number of methoxy groups -OCH3 is 2. The van der Waals surface area contributed by atoms with Crippen LogP contribution >= 0.6 is 0 Å². The van der Waals surface area contributed by atoms with Crippen molar-refractivity contribution >= 4 is 18.0 Å². The van der Waals surface area contributed by atoms with Crippen molar-refractivity contribution in [3.63, 3.8) is 0 Å². The summed E-state index contributed by atoms with van der Waals surface area (Å²) in [5.74, 6) is 0.558. The number of hydrogen-bond acceptors (Lipinski definition) is 5. The number of hydrogen-bond donors (Lipinski definition) is 0. The van der Waals surface area contributed by atoms with Gasteiger partial charge in [0, 0.05) is 17.1 Å². The molecule has 3 aromatic rings. The van der Waals surface area contributed by atoms with Crippen molar-refractivity contribution in [2.75, 3.05) is 14.2 Å². The third kappa shape index (κ3) is 3.94. The van der Waals surface area contributed by atoms with E-state index in [-0.39, 0.29) is 18.0 Å². The van der Waals surface area contributed by atoms with Crippen LogP contribution in [0.2, 0.25) is 0 Å². The number of furan rings is 1. The van der Waals surface area contributed by atoms with Gasteiger partial charge in [0.25, 0.3) is 5.91 Å². The van der Waals surface area contributed by atoms with E-state index in [9.17, 15) is 9.59 Å². The van der Waals surface area contributed by atoms with Crippen LogP contribution in [0.25, 0.3) is 11.8 Å². The Morgan fingerprint density at radius 3 is 2.50 bits per heavy atom. The van der Waals surface area contributed by atoms with E-state index >= 15 is 0 Å². The highest BCUT2D eigenvalue weighted by molar-refractivity contribution is 6.16. The predicted octanol–water partition coefficient (Wildman–Crippen LogP) is 4.88. The third-order valence-electron chi connectivity index (χ3n) is 6.14. The van der Waals surface area contributed by atoms with E-state index in [0.717, 1.165) is 34.0 Å². The van der Waals surface area contributed by atoms with Crippen molar-refractivity contribution in [3.8, 4) is 11.4 Å². The van der Waals surface area contributed by atoms with Crippen molar-refractivity contribution in [1.82, 2.24) is 9.47 Å². The Bertz CT molecular complexity index is 1330. The van der Waals surface area contributed by atoms with Crippen LogP contribution in [0, 0.1) is 20.8 Å². The number of aryl methyl sites for hydroxylation is 2. The first-order chi connectivity index (χ1) is 16.3. The Morgan fingerprint density at radius 2 is 1.85 bits per heavy atom. The van der Waals surface area contributed by atoms with Gasteiger partial charge in [0.15, 0.2) is 0 Å². The molecule has 0 radical (unpaired) electrons. The van der Waals surface area contributed by atoms with Gasteiger partial charge in [0.05, 0.1) is 43.9 Å². The monoisotopic (exact) mass is 460 g/mol. The number of benzene rings is 1. The molecule has 0 fully saturated rings. The Morgan fingerprint density at radius 1 is 1.09 bits per heavy atom. The second kappa shape index (κ2) is 9.09. The largest absolute Gasteiger partial charge is 0.495 e. The van der Waals surface area contributed by atoms with Gasteiger partial charge in [-0.1, -0.05) is 6.07 Å². The Hall–Kier alpha value is -4.00. The molecule has 0 bridgehead atoms. The summed E-state index contributed by atoms with van der Waals surface area (Å²) >= 11 is 0. The first-order valence-corrected chi connectivity index (χ1v) is 11.0. The van der Waals surface area contributed by atoms with E-state index in [0.29, 0.717) is 17.0 Å². The van der Waals surface area contributed by atoms with Gasteiger partial charge in [0.1, 0.15) is 11.5 Å². The molecule has 1 aliphatic heterocycles.